The molecule has 3 rings (SSSR count). The van der Waals surface area contributed by atoms with Gasteiger partial charge in [0.15, 0.2) is 0 Å². The molecule has 2 aromatic heterocycles. The Morgan fingerprint density at radius 1 is 1.38 bits per heavy atom. The van der Waals surface area contributed by atoms with E-state index in [0.29, 0.717) is 11.6 Å². The lowest BCUT2D eigenvalue weighted by Crippen LogP contribution is -2.33. The fraction of sp³-hybridized carbons (Fsp3) is 0.438. The average molecular weight is 281 g/mol. The molecular formula is C16H19N5. The standard InChI is InChI=1S/C16H19N5/c1-12-8-14(10-17)9-16(19-12)21-6-3-4-15(21)11-20-7-5-18-13(20)2/h5,7-9,15H,3-4,6,11H2,1-2H3. The van der Waals surface area contributed by atoms with Crippen LogP contribution in [-0.2, 0) is 6.54 Å². The van der Waals surface area contributed by atoms with E-state index in [-0.39, 0.29) is 0 Å². The second kappa shape index (κ2) is 5.57. The third-order valence-corrected chi connectivity index (χ3v) is 4.07. The van der Waals surface area contributed by atoms with Crippen molar-refractivity contribution < 1.29 is 0 Å². The minimum Gasteiger partial charge on any atom is -0.352 e. The van der Waals surface area contributed by atoms with Crippen molar-refractivity contribution in [2.24, 2.45) is 0 Å². The first kappa shape index (κ1) is 13.6. The molecule has 0 aliphatic carbocycles. The summed E-state index contributed by atoms with van der Waals surface area (Å²) >= 11 is 0. The highest BCUT2D eigenvalue weighted by atomic mass is 15.3. The average Bonchev–Trinajstić information content (AvgIpc) is 3.08. The monoisotopic (exact) mass is 281 g/mol. The molecule has 0 radical (unpaired) electrons. The van der Waals surface area contributed by atoms with Crippen LogP contribution in [-0.4, -0.2) is 27.1 Å². The molecule has 1 fully saturated rings. The van der Waals surface area contributed by atoms with Crippen molar-refractivity contribution in [1.82, 2.24) is 14.5 Å². The summed E-state index contributed by atoms with van der Waals surface area (Å²) in [4.78, 5) is 11.2. The second-order valence-corrected chi connectivity index (χ2v) is 5.58. The minimum absolute atomic E-state index is 0.416. The van der Waals surface area contributed by atoms with Crippen LogP contribution in [0.5, 0.6) is 0 Å². The molecule has 0 N–H and O–H groups in total. The lowest BCUT2D eigenvalue weighted by Gasteiger charge is -2.26. The van der Waals surface area contributed by atoms with Gasteiger partial charge in [-0.1, -0.05) is 0 Å². The van der Waals surface area contributed by atoms with E-state index in [2.05, 4.69) is 25.5 Å². The van der Waals surface area contributed by atoms with E-state index in [0.717, 1.165) is 43.3 Å². The molecule has 1 atom stereocenters. The summed E-state index contributed by atoms with van der Waals surface area (Å²) in [5.74, 6) is 1.96. The van der Waals surface area contributed by atoms with Crippen molar-refractivity contribution in [1.29, 1.82) is 5.26 Å². The molecule has 2 aromatic rings. The largest absolute Gasteiger partial charge is 0.352 e. The number of pyridine rings is 1. The highest BCUT2D eigenvalue weighted by molar-refractivity contribution is 5.48. The van der Waals surface area contributed by atoms with Crippen molar-refractivity contribution in [3.8, 4) is 6.07 Å². The van der Waals surface area contributed by atoms with Crippen molar-refractivity contribution in [2.45, 2.75) is 39.3 Å². The van der Waals surface area contributed by atoms with Gasteiger partial charge in [0.2, 0.25) is 0 Å². The number of nitriles is 1. The Balaban J connectivity index is 1.86. The first-order valence-corrected chi connectivity index (χ1v) is 7.30. The van der Waals surface area contributed by atoms with Crippen LogP contribution in [0.2, 0.25) is 0 Å². The number of aryl methyl sites for hydroxylation is 2. The molecule has 0 spiro atoms. The van der Waals surface area contributed by atoms with Gasteiger partial charge in [-0.05, 0) is 38.8 Å². The van der Waals surface area contributed by atoms with E-state index in [1.807, 2.05) is 38.4 Å². The quantitative estimate of drug-likeness (QED) is 0.867. The second-order valence-electron chi connectivity index (χ2n) is 5.58. The number of anilines is 1. The van der Waals surface area contributed by atoms with E-state index < -0.39 is 0 Å². The molecule has 21 heavy (non-hydrogen) atoms. The Labute approximate surface area is 124 Å². The van der Waals surface area contributed by atoms with Crippen LogP contribution < -0.4 is 4.90 Å². The van der Waals surface area contributed by atoms with E-state index in [1.54, 1.807) is 0 Å². The van der Waals surface area contributed by atoms with Crippen LogP contribution in [0, 0.1) is 25.2 Å². The molecule has 1 aliphatic heterocycles. The molecule has 5 nitrogen and oxygen atoms in total. The lowest BCUT2D eigenvalue weighted by atomic mass is 10.2. The van der Waals surface area contributed by atoms with Crippen LogP contribution in [0.25, 0.3) is 0 Å². The van der Waals surface area contributed by atoms with Crippen molar-refractivity contribution >= 4 is 5.82 Å². The summed E-state index contributed by atoms with van der Waals surface area (Å²) < 4.78 is 2.18. The number of aromatic nitrogens is 3. The summed E-state index contributed by atoms with van der Waals surface area (Å²) in [7, 11) is 0. The first-order chi connectivity index (χ1) is 10.2. The lowest BCUT2D eigenvalue weighted by molar-refractivity contribution is 0.538. The van der Waals surface area contributed by atoms with Gasteiger partial charge in [0, 0.05) is 37.2 Å². The fourth-order valence-electron chi connectivity index (χ4n) is 3.01. The van der Waals surface area contributed by atoms with Crippen molar-refractivity contribution in [3.63, 3.8) is 0 Å². The van der Waals surface area contributed by atoms with Gasteiger partial charge in [0.1, 0.15) is 11.6 Å². The van der Waals surface area contributed by atoms with Crippen molar-refractivity contribution in [2.75, 3.05) is 11.4 Å². The Morgan fingerprint density at radius 2 is 2.24 bits per heavy atom. The topological polar surface area (TPSA) is 57.7 Å². The van der Waals surface area contributed by atoms with Crippen LogP contribution in [0.15, 0.2) is 24.5 Å². The number of hydrogen-bond acceptors (Lipinski definition) is 4. The third kappa shape index (κ3) is 2.75. The fourth-order valence-corrected chi connectivity index (χ4v) is 3.01. The number of nitrogens with zero attached hydrogens (tertiary/aromatic N) is 5. The van der Waals surface area contributed by atoms with Gasteiger partial charge in [0.25, 0.3) is 0 Å². The SMILES string of the molecule is Cc1cc(C#N)cc(N2CCCC2Cn2ccnc2C)n1. The van der Waals surface area contributed by atoms with E-state index in [4.69, 9.17) is 5.26 Å². The Kier molecular flexibility index (Phi) is 3.61. The van der Waals surface area contributed by atoms with E-state index >= 15 is 0 Å². The van der Waals surface area contributed by atoms with Crippen LogP contribution in [0.3, 0.4) is 0 Å². The van der Waals surface area contributed by atoms with Crippen molar-refractivity contribution in [3.05, 3.63) is 41.6 Å². The van der Waals surface area contributed by atoms with Crippen LogP contribution in [0.1, 0.15) is 29.9 Å². The van der Waals surface area contributed by atoms with Gasteiger partial charge in [-0.2, -0.15) is 5.26 Å². The maximum absolute atomic E-state index is 9.13. The smallest absolute Gasteiger partial charge is 0.130 e. The summed E-state index contributed by atoms with van der Waals surface area (Å²) in [5.41, 5.74) is 1.58. The molecule has 1 unspecified atom stereocenters. The molecule has 3 heterocycles. The third-order valence-electron chi connectivity index (χ3n) is 4.07. The maximum atomic E-state index is 9.13. The van der Waals surface area contributed by atoms with Crippen LogP contribution >= 0.6 is 0 Å². The molecule has 1 saturated heterocycles. The first-order valence-electron chi connectivity index (χ1n) is 7.30. The summed E-state index contributed by atoms with van der Waals surface area (Å²) in [6.45, 7) is 5.89. The van der Waals surface area contributed by atoms with Gasteiger partial charge < -0.3 is 9.47 Å². The molecule has 0 amide bonds. The number of rotatable bonds is 3. The predicted octanol–water partition coefficient (Wildman–Crippen LogP) is 2.44. The predicted molar refractivity (Wildman–Crippen MR) is 81.0 cm³/mol. The zero-order chi connectivity index (χ0) is 14.8. The van der Waals surface area contributed by atoms with E-state index in [9.17, 15) is 0 Å². The number of hydrogen-bond donors (Lipinski definition) is 0. The highest BCUT2D eigenvalue weighted by Crippen LogP contribution is 2.26. The normalized spacial score (nSPS) is 18.0. The molecular weight excluding hydrogens is 262 g/mol. The minimum atomic E-state index is 0.416. The zero-order valence-electron chi connectivity index (χ0n) is 12.5. The number of imidazole rings is 1. The molecule has 0 aromatic carbocycles. The molecule has 1 aliphatic rings. The van der Waals surface area contributed by atoms with Gasteiger partial charge in [-0.25, -0.2) is 9.97 Å². The molecule has 0 saturated carbocycles. The molecule has 108 valence electrons. The molecule has 5 heteroatoms. The Bertz CT molecular complexity index is 682. The summed E-state index contributed by atoms with van der Waals surface area (Å²) in [5, 5.41) is 9.13. The maximum Gasteiger partial charge on any atom is 0.130 e. The van der Waals surface area contributed by atoms with Gasteiger partial charge in [0.05, 0.1) is 11.6 Å². The van der Waals surface area contributed by atoms with Gasteiger partial charge in [-0.15, -0.1) is 0 Å². The Morgan fingerprint density at radius 3 is 2.95 bits per heavy atom. The summed E-state index contributed by atoms with van der Waals surface area (Å²) in [6, 6.07) is 6.36. The van der Waals surface area contributed by atoms with Crippen LogP contribution in [0.4, 0.5) is 5.82 Å². The van der Waals surface area contributed by atoms with Gasteiger partial charge >= 0.3 is 0 Å². The summed E-state index contributed by atoms with van der Waals surface area (Å²) in [6.07, 6.45) is 6.18. The van der Waals surface area contributed by atoms with E-state index in [1.165, 1.54) is 0 Å². The highest BCUT2D eigenvalue weighted by Gasteiger charge is 2.26. The molecule has 0 bridgehead atoms. The Hall–Kier alpha value is -2.35. The zero-order valence-corrected chi connectivity index (χ0v) is 12.5. The van der Waals surface area contributed by atoms with Gasteiger partial charge in [-0.3, -0.25) is 0 Å².